The summed E-state index contributed by atoms with van der Waals surface area (Å²) >= 11 is 0. The summed E-state index contributed by atoms with van der Waals surface area (Å²) < 4.78 is 27.1. The molecule has 3 amide bonds. The van der Waals surface area contributed by atoms with Crippen molar-refractivity contribution in [1.29, 1.82) is 0 Å². The number of hydrogen-bond donors (Lipinski definition) is 1. The van der Waals surface area contributed by atoms with Crippen LogP contribution in [0.2, 0.25) is 0 Å². The molecule has 0 bridgehead atoms. The molecule has 0 radical (unpaired) electrons. The number of nitrogens with one attached hydrogen (secondary N) is 1. The Labute approximate surface area is 167 Å². The topological polar surface area (TPSA) is 69.7 Å². The van der Waals surface area contributed by atoms with Crippen LogP contribution in [0.15, 0.2) is 42.5 Å². The van der Waals surface area contributed by atoms with Gasteiger partial charge < -0.3 is 15.1 Å². The third-order valence-electron chi connectivity index (χ3n) is 4.92. The summed E-state index contributed by atoms with van der Waals surface area (Å²) in [7, 11) is 1.66. The first-order chi connectivity index (χ1) is 13.8. The minimum Gasteiger partial charge on any atom is -0.342 e. The smallest absolute Gasteiger partial charge is 0.229 e. The van der Waals surface area contributed by atoms with Gasteiger partial charge in [0.2, 0.25) is 17.7 Å². The predicted molar refractivity (Wildman–Crippen MR) is 104 cm³/mol. The van der Waals surface area contributed by atoms with Gasteiger partial charge in [0.15, 0.2) is 0 Å². The second-order valence-electron chi connectivity index (χ2n) is 7.02. The van der Waals surface area contributed by atoms with Gasteiger partial charge in [-0.05, 0) is 23.8 Å². The molecule has 2 aromatic carbocycles. The van der Waals surface area contributed by atoms with E-state index in [0.717, 1.165) is 16.5 Å². The van der Waals surface area contributed by atoms with E-state index in [-0.39, 0.29) is 30.5 Å². The van der Waals surface area contributed by atoms with E-state index in [4.69, 9.17) is 0 Å². The van der Waals surface area contributed by atoms with Crippen molar-refractivity contribution in [1.82, 2.24) is 4.90 Å². The summed E-state index contributed by atoms with van der Waals surface area (Å²) in [6.07, 6.45) is -0.0713. The Morgan fingerprint density at radius 2 is 1.93 bits per heavy atom. The minimum absolute atomic E-state index is 0.00271. The average Bonchev–Trinajstić information content (AvgIpc) is 3.05. The molecule has 29 heavy (non-hydrogen) atoms. The Bertz CT molecular complexity index is 964. The molecule has 1 saturated heterocycles. The molecule has 1 N–H and O–H groups in total. The van der Waals surface area contributed by atoms with Crippen LogP contribution < -0.4 is 10.2 Å². The van der Waals surface area contributed by atoms with E-state index < -0.39 is 23.5 Å². The molecule has 3 rings (SSSR count). The van der Waals surface area contributed by atoms with Crippen LogP contribution in [0.1, 0.15) is 18.9 Å². The van der Waals surface area contributed by atoms with Crippen molar-refractivity contribution in [3.8, 4) is 0 Å². The fourth-order valence-electron chi connectivity index (χ4n) is 3.20. The fourth-order valence-corrected chi connectivity index (χ4v) is 3.20. The molecule has 0 saturated carbocycles. The number of anilines is 2. The van der Waals surface area contributed by atoms with Crippen molar-refractivity contribution in [2.45, 2.75) is 19.9 Å². The summed E-state index contributed by atoms with van der Waals surface area (Å²) in [5.41, 5.74) is 1.25. The second-order valence-corrected chi connectivity index (χ2v) is 7.02. The van der Waals surface area contributed by atoms with Gasteiger partial charge in [-0.25, -0.2) is 8.78 Å². The van der Waals surface area contributed by atoms with Crippen molar-refractivity contribution in [3.05, 3.63) is 59.7 Å². The lowest BCUT2D eigenvalue weighted by atomic mass is 10.1. The first-order valence-electron chi connectivity index (χ1n) is 9.12. The number of carbonyl (C=O) groups is 3. The number of carbonyl (C=O) groups excluding carboxylic acids is 3. The highest BCUT2D eigenvalue weighted by molar-refractivity contribution is 6.03. The average molecular weight is 401 g/mol. The summed E-state index contributed by atoms with van der Waals surface area (Å²) in [5.74, 6) is -3.15. The highest BCUT2D eigenvalue weighted by Gasteiger charge is 2.36. The first kappa shape index (κ1) is 20.4. The predicted octanol–water partition coefficient (Wildman–Crippen LogP) is 2.93. The second kappa shape index (κ2) is 8.38. The van der Waals surface area contributed by atoms with Crippen LogP contribution in [0, 0.1) is 17.6 Å². The van der Waals surface area contributed by atoms with Gasteiger partial charge >= 0.3 is 0 Å². The van der Waals surface area contributed by atoms with E-state index in [0.29, 0.717) is 18.3 Å². The summed E-state index contributed by atoms with van der Waals surface area (Å²) in [6, 6.07) is 10.0. The molecule has 6 nitrogen and oxygen atoms in total. The summed E-state index contributed by atoms with van der Waals surface area (Å²) in [4.78, 5) is 39.2. The lowest BCUT2D eigenvalue weighted by Gasteiger charge is -2.19. The number of halogens is 2. The van der Waals surface area contributed by atoms with Gasteiger partial charge in [-0.15, -0.1) is 0 Å². The molecule has 1 heterocycles. The zero-order chi connectivity index (χ0) is 21.1. The molecule has 1 aliphatic heterocycles. The third-order valence-corrected chi connectivity index (χ3v) is 4.92. The standard InChI is InChI=1S/C21H21F2N3O3/c1-13(27)25(2)11-14-5-3-4-6-18(14)24-21(29)15-9-20(28)26(12-15)19-8-7-16(22)10-17(19)23/h3-8,10,15H,9,11-12H2,1-2H3,(H,24,29). The normalized spacial score (nSPS) is 16.1. The monoisotopic (exact) mass is 401 g/mol. The van der Waals surface area contributed by atoms with Gasteiger partial charge in [-0.1, -0.05) is 18.2 Å². The van der Waals surface area contributed by atoms with Crippen LogP contribution >= 0.6 is 0 Å². The molecular weight excluding hydrogens is 380 g/mol. The molecule has 1 fully saturated rings. The molecule has 152 valence electrons. The number of rotatable bonds is 5. The Hall–Kier alpha value is -3.29. The zero-order valence-corrected chi connectivity index (χ0v) is 16.1. The van der Waals surface area contributed by atoms with E-state index in [2.05, 4.69) is 5.32 Å². The van der Waals surface area contributed by atoms with Gasteiger partial charge in [0.25, 0.3) is 0 Å². The van der Waals surface area contributed by atoms with Crippen LogP contribution in [-0.2, 0) is 20.9 Å². The van der Waals surface area contributed by atoms with Gasteiger partial charge in [0.1, 0.15) is 11.6 Å². The highest BCUT2D eigenvalue weighted by atomic mass is 19.1. The fraction of sp³-hybridized carbons (Fsp3) is 0.286. The van der Waals surface area contributed by atoms with Crippen molar-refractivity contribution >= 4 is 29.1 Å². The van der Waals surface area contributed by atoms with E-state index >= 15 is 0 Å². The van der Waals surface area contributed by atoms with E-state index in [1.165, 1.54) is 17.9 Å². The Morgan fingerprint density at radius 3 is 2.62 bits per heavy atom. The van der Waals surface area contributed by atoms with Crippen molar-refractivity contribution in [2.24, 2.45) is 5.92 Å². The van der Waals surface area contributed by atoms with Crippen LogP contribution in [0.5, 0.6) is 0 Å². The number of hydrogen-bond acceptors (Lipinski definition) is 3. The largest absolute Gasteiger partial charge is 0.342 e. The molecule has 0 aliphatic carbocycles. The SMILES string of the molecule is CC(=O)N(C)Cc1ccccc1NC(=O)C1CC(=O)N(c2ccc(F)cc2F)C1. The van der Waals surface area contributed by atoms with Crippen LogP contribution in [-0.4, -0.2) is 36.2 Å². The van der Waals surface area contributed by atoms with Crippen molar-refractivity contribution < 1.29 is 23.2 Å². The van der Waals surface area contributed by atoms with Crippen molar-refractivity contribution in [2.75, 3.05) is 23.8 Å². The van der Waals surface area contributed by atoms with Gasteiger partial charge in [-0.3, -0.25) is 14.4 Å². The molecule has 2 aromatic rings. The van der Waals surface area contributed by atoms with Gasteiger partial charge in [-0.2, -0.15) is 0 Å². The maximum Gasteiger partial charge on any atom is 0.229 e. The van der Waals surface area contributed by atoms with Crippen LogP contribution in [0.25, 0.3) is 0 Å². The molecule has 0 spiro atoms. The lowest BCUT2D eigenvalue weighted by Crippen LogP contribution is -2.29. The summed E-state index contributed by atoms with van der Waals surface area (Å²) in [5, 5.41) is 2.80. The highest BCUT2D eigenvalue weighted by Crippen LogP contribution is 2.29. The number of benzene rings is 2. The molecule has 1 atom stereocenters. The van der Waals surface area contributed by atoms with Gasteiger partial charge in [0, 0.05) is 45.2 Å². The van der Waals surface area contributed by atoms with Crippen molar-refractivity contribution in [3.63, 3.8) is 0 Å². The quantitative estimate of drug-likeness (QED) is 0.838. The summed E-state index contributed by atoms with van der Waals surface area (Å²) in [6.45, 7) is 1.78. The molecule has 8 heteroatoms. The molecule has 0 aromatic heterocycles. The molecular formula is C21H21F2N3O3. The lowest BCUT2D eigenvalue weighted by molar-refractivity contribution is -0.128. The molecule has 1 unspecified atom stereocenters. The number of para-hydroxylation sites is 1. The third kappa shape index (κ3) is 4.59. The minimum atomic E-state index is -0.850. The zero-order valence-electron chi connectivity index (χ0n) is 16.1. The van der Waals surface area contributed by atoms with Crippen LogP contribution in [0.4, 0.5) is 20.2 Å². The maximum absolute atomic E-state index is 14.0. The van der Waals surface area contributed by atoms with E-state index in [1.807, 2.05) is 0 Å². The maximum atomic E-state index is 14.0. The van der Waals surface area contributed by atoms with E-state index in [1.54, 1.807) is 31.3 Å². The number of nitrogens with zero attached hydrogens (tertiary/aromatic N) is 2. The molecule has 1 aliphatic rings. The number of amides is 3. The Balaban J connectivity index is 1.72. The Morgan fingerprint density at radius 1 is 1.21 bits per heavy atom. The van der Waals surface area contributed by atoms with Crippen LogP contribution in [0.3, 0.4) is 0 Å². The van der Waals surface area contributed by atoms with E-state index in [9.17, 15) is 23.2 Å². The Kier molecular flexibility index (Phi) is 5.91. The first-order valence-corrected chi connectivity index (χ1v) is 9.12. The van der Waals surface area contributed by atoms with Gasteiger partial charge in [0.05, 0.1) is 11.6 Å².